The number of ether oxygens (including phenoxy) is 1. The second kappa shape index (κ2) is 8.69. The number of nitrogens with one attached hydrogen (secondary N) is 1. The van der Waals surface area contributed by atoms with Crippen molar-refractivity contribution in [2.24, 2.45) is 0 Å². The molecule has 0 aliphatic carbocycles. The van der Waals surface area contributed by atoms with Crippen molar-refractivity contribution in [2.45, 2.75) is 44.9 Å². The molecule has 7 heteroatoms. The highest BCUT2D eigenvalue weighted by Gasteiger charge is 2.34. The zero-order valence-corrected chi connectivity index (χ0v) is 16.5. The number of carbonyl (C=O) groups excluding carboxylic acids is 1. The van der Waals surface area contributed by atoms with Gasteiger partial charge in [0, 0.05) is 17.5 Å². The molecule has 2 aromatic rings. The van der Waals surface area contributed by atoms with Gasteiger partial charge in [-0.05, 0) is 66.9 Å². The van der Waals surface area contributed by atoms with Gasteiger partial charge in [-0.3, -0.25) is 4.79 Å². The Morgan fingerprint density at radius 3 is 2.48 bits per heavy atom. The van der Waals surface area contributed by atoms with Crippen LogP contribution < -0.4 is 10.1 Å². The number of amides is 1. The monoisotopic (exact) mass is 397 g/mol. The van der Waals surface area contributed by atoms with E-state index in [0.29, 0.717) is 5.75 Å². The summed E-state index contributed by atoms with van der Waals surface area (Å²) in [6.45, 7) is 5.58. The van der Waals surface area contributed by atoms with Crippen LogP contribution in [0.25, 0.3) is 0 Å². The summed E-state index contributed by atoms with van der Waals surface area (Å²) in [5, 5.41) is 1.97. The molecule has 0 fully saturated rings. The minimum absolute atomic E-state index is 0.0461. The predicted molar refractivity (Wildman–Crippen MR) is 101 cm³/mol. The standard InChI is InChI=1S/C20H22F3NO2S/c1-5-14-9-13(3)17(10-12(14)2)26-11-15-16(20(21,22)23)7-6-8-18(15)27-19(25)24-4/h6-10H,5,11H2,1-4H3,(H,24,25). The molecule has 0 spiro atoms. The molecule has 0 radical (unpaired) electrons. The SMILES string of the molecule is CCc1cc(C)c(OCc2c(SC(=O)NC)cccc2C(F)(F)F)cc1C. The molecule has 0 bridgehead atoms. The third-order valence-corrected chi connectivity index (χ3v) is 5.22. The van der Waals surface area contributed by atoms with Gasteiger partial charge in [0.15, 0.2) is 0 Å². The molecule has 0 heterocycles. The summed E-state index contributed by atoms with van der Waals surface area (Å²) in [4.78, 5) is 11.9. The zero-order valence-electron chi connectivity index (χ0n) is 15.7. The molecule has 2 rings (SSSR count). The van der Waals surface area contributed by atoms with Gasteiger partial charge in [-0.1, -0.05) is 19.1 Å². The molecule has 0 aliphatic heterocycles. The van der Waals surface area contributed by atoms with E-state index in [1.165, 1.54) is 24.7 Å². The summed E-state index contributed by atoms with van der Waals surface area (Å²) in [5.41, 5.74) is 2.22. The Morgan fingerprint density at radius 1 is 1.19 bits per heavy atom. The van der Waals surface area contributed by atoms with E-state index in [9.17, 15) is 18.0 Å². The molecular formula is C20H22F3NO2S. The summed E-state index contributed by atoms with van der Waals surface area (Å²) in [7, 11) is 1.43. The molecule has 3 nitrogen and oxygen atoms in total. The van der Waals surface area contributed by atoms with E-state index in [2.05, 4.69) is 5.32 Å². The zero-order chi connectivity index (χ0) is 20.2. The van der Waals surface area contributed by atoms with Gasteiger partial charge >= 0.3 is 6.18 Å². The molecule has 1 amide bonds. The van der Waals surface area contributed by atoms with E-state index >= 15 is 0 Å². The van der Waals surface area contributed by atoms with E-state index < -0.39 is 17.0 Å². The van der Waals surface area contributed by atoms with Crippen LogP contribution in [0.2, 0.25) is 0 Å². The minimum atomic E-state index is -4.53. The second-order valence-electron chi connectivity index (χ2n) is 6.11. The predicted octanol–water partition coefficient (Wildman–Crippen LogP) is 5.90. The lowest BCUT2D eigenvalue weighted by Crippen LogP contribution is -2.15. The first kappa shape index (κ1) is 21.2. The number of hydrogen-bond donors (Lipinski definition) is 1. The number of thioether (sulfide) groups is 1. The van der Waals surface area contributed by atoms with Crippen LogP contribution in [0.4, 0.5) is 18.0 Å². The van der Waals surface area contributed by atoms with E-state index in [4.69, 9.17) is 4.74 Å². The van der Waals surface area contributed by atoms with Crippen LogP contribution in [0.3, 0.4) is 0 Å². The van der Waals surface area contributed by atoms with Gasteiger partial charge in [0.25, 0.3) is 5.24 Å². The Morgan fingerprint density at radius 2 is 1.89 bits per heavy atom. The maximum absolute atomic E-state index is 13.5. The van der Waals surface area contributed by atoms with Crippen molar-refractivity contribution in [3.8, 4) is 5.75 Å². The van der Waals surface area contributed by atoms with E-state index in [1.54, 1.807) is 0 Å². The van der Waals surface area contributed by atoms with Crippen LogP contribution >= 0.6 is 11.8 Å². The Bertz CT molecular complexity index is 835. The lowest BCUT2D eigenvalue weighted by molar-refractivity contribution is -0.138. The highest BCUT2D eigenvalue weighted by molar-refractivity contribution is 8.13. The lowest BCUT2D eigenvalue weighted by atomic mass is 10.0. The van der Waals surface area contributed by atoms with E-state index in [-0.39, 0.29) is 17.1 Å². The number of benzene rings is 2. The van der Waals surface area contributed by atoms with Crippen molar-refractivity contribution >= 4 is 17.0 Å². The van der Waals surface area contributed by atoms with Gasteiger partial charge in [-0.15, -0.1) is 0 Å². The number of aryl methyl sites for hydroxylation is 3. The molecule has 0 aromatic heterocycles. The first-order valence-electron chi connectivity index (χ1n) is 8.49. The quantitative estimate of drug-likeness (QED) is 0.639. The summed E-state index contributed by atoms with van der Waals surface area (Å²) < 4.78 is 46.1. The van der Waals surface area contributed by atoms with Crippen molar-refractivity contribution in [2.75, 3.05) is 7.05 Å². The number of alkyl halides is 3. The van der Waals surface area contributed by atoms with Crippen LogP contribution in [0.5, 0.6) is 5.75 Å². The van der Waals surface area contributed by atoms with Gasteiger partial charge in [0.05, 0.1) is 5.56 Å². The topological polar surface area (TPSA) is 38.3 Å². The van der Waals surface area contributed by atoms with Gasteiger partial charge < -0.3 is 10.1 Å². The normalized spacial score (nSPS) is 11.4. The van der Waals surface area contributed by atoms with Crippen molar-refractivity contribution in [1.29, 1.82) is 0 Å². The molecule has 2 aromatic carbocycles. The third-order valence-electron chi connectivity index (χ3n) is 4.23. The Balaban J connectivity index is 2.39. The smallest absolute Gasteiger partial charge is 0.416 e. The summed E-state index contributed by atoms with van der Waals surface area (Å²) in [5.74, 6) is 0.539. The van der Waals surface area contributed by atoms with Crippen molar-refractivity contribution in [3.05, 3.63) is 58.1 Å². The fourth-order valence-corrected chi connectivity index (χ4v) is 3.50. The van der Waals surface area contributed by atoms with E-state index in [0.717, 1.165) is 35.4 Å². The van der Waals surface area contributed by atoms with Crippen LogP contribution in [0.15, 0.2) is 35.2 Å². The highest BCUT2D eigenvalue weighted by atomic mass is 32.2. The van der Waals surface area contributed by atoms with Crippen LogP contribution in [-0.4, -0.2) is 12.3 Å². The van der Waals surface area contributed by atoms with Gasteiger partial charge in [-0.2, -0.15) is 13.2 Å². The molecule has 0 saturated carbocycles. The molecule has 0 saturated heterocycles. The fourth-order valence-electron chi connectivity index (χ4n) is 2.76. The number of rotatable bonds is 5. The molecule has 0 atom stereocenters. The molecule has 146 valence electrons. The van der Waals surface area contributed by atoms with Crippen LogP contribution in [-0.2, 0) is 19.2 Å². The number of carbonyl (C=O) groups is 1. The molecule has 0 aliphatic rings. The average molecular weight is 397 g/mol. The summed E-state index contributed by atoms with van der Waals surface area (Å²) in [6, 6.07) is 7.62. The van der Waals surface area contributed by atoms with Crippen molar-refractivity contribution < 1.29 is 22.7 Å². The molecule has 0 unspecified atom stereocenters. The molecule has 27 heavy (non-hydrogen) atoms. The molecular weight excluding hydrogens is 375 g/mol. The number of hydrogen-bond acceptors (Lipinski definition) is 3. The maximum atomic E-state index is 13.5. The highest BCUT2D eigenvalue weighted by Crippen LogP contribution is 2.37. The number of halogens is 3. The largest absolute Gasteiger partial charge is 0.489 e. The third kappa shape index (κ3) is 5.19. The Hall–Kier alpha value is -2.15. The summed E-state index contributed by atoms with van der Waals surface area (Å²) in [6.07, 6.45) is -3.66. The second-order valence-corrected chi connectivity index (χ2v) is 7.12. The average Bonchev–Trinajstić information content (AvgIpc) is 2.61. The van der Waals surface area contributed by atoms with Gasteiger partial charge in [-0.25, -0.2) is 0 Å². The first-order chi connectivity index (χ1) is 12.7. The van der Waals surface area contributed by atoms with E-state index in [1.807, 2.05) is 32.9 Å². The summed E-state index contributed by atoms with van der Waals surface area (Å²) >= 11 is 0.719. The lowest BCUT2D eigenvalue weighted by Gasteiger charge is -2.18. The Kier molecular flexibility index (Phi) is 6.81. The van der Waals surface area contributed by atoms with Crippen molar-refractivity contribution in [1.82, 2.24) is 5.32 Å². The first-order valence-corrected chi connectivity index (χ1v) is 9.30. The maximum Gasteiger partial charge on any atom is 0.416 e. The van der Waals surface area contributed by atoms with Gasteiger partial charge in [0.1, 0.15) is 12.4 Å². The van der Waals surface area contributed by atoms with Crippen LogP contribution in [0, 0.1) is 13.8 Å². The fraction of sp³-hybridized carbons (Fsp3) is 0.350. The molecule has 1 N–H and O–H groups in total. The van der Waals surface area contributed by atoms with Crippen LogP contribution in [0.1, 0.15) is 34.7 Å². The Labute approximate surface area is 161 Å². The van der Waals surface area contributed by atoms with Gasteiger partial charge in [0.2, 0.25) is 0 Å². The van der Waals surface area contributed by atoms with Crippen molar-refractivity contribution in [3.63, 3.8) is 0 Å². The minimum Gasteiger partial charge on any atom is -0.489 e.